The van der Waals surface area contributed by atoms with Crippen LogP contribution in [0.1, 0.15) is 62.0 Å². The minimum atomic E-state index is -1.58. The Hall–Kier alpha value is -6.62. The molecule has 4 aromatic carbocycles. The quantitative estimate of drug-likeness (QED) is 0.0369. The highest BCUT2D eigenvalue weighted by Gasteiger charge is 2.65. The second kappa shape index (κ2) is 20.7. The van der Waals surface area contributed by atoms with Crippen LogP contribution < -0.4 is 14.2 Å². The normalized spacial score (nSPS) is 22.5. The number of ether oxygens (including phenoxy) is 4. The Bertz CT molecular complexity index is 2360. The van der Waals surface area contributed by atoms with Crippen LogP contribution in [0.2, 0.25) is 0 Å². The summed E-state index contributed by atoms with van der Waals surface area (Å²) in [6.45, 7) is 4.22. The number of unbranched alkanes of at least 4 members (excludes halogenated alkanes) is 2. The number of rotatable bonds is 20. The van der Waals surface area contributed by atoms with Gasteiger partial charge in [0.15, 0.2) is 0 Å². The largest absolute Gasteiger partial charge is 0.459 e. The molecule has 4 aromatic rings. The van der Waals surface area contributed by atoms with Crippen molar-refractivity contribution >= 4 is 23.2 Å². The van der Waals surface area contributed by atoms with Crippen LogP contribution in [0.4, 0.5) is 16.2 Å². The number of fused-ring (bicyclic) bond motifs is 2. The van der Waals surface area contributed by atoms with Crippen LogP contribution in [0, 0.1) is 38.0 Å². The Balaban J connectivity index is 1.39. The van der Waals surface area contributed by atoms with Crippen molar-refractivity contribution in [3.8, 4) is 23.0 Å². The third-order valence-corrected chi connectivity index (χ3v) is 12.2. The van der Waals surface area contributed by atoms with Crippen LogP contribution in [-0.2, 0) is 16.2 Å². The van der Waals surface area contributed by atoms with Crippen LogP contribution in [0.5, 0.6) is 23.0 Å². The van der Waals surface area contributed by atoms with E-state index in [0.717, 1.165) is 29.5 Å². The zero-order chi connectivity index (χ0) is 45.2. The Labute approximate surface area is 370 Å². The molecule has 1 saturated carbocycles. The average molecular weight is 877 g/mol. The van der Waals surface area contributed by atoms with Gasteiger partial charge in [0.1, 0.15) is 35.6 Å². The molecule has 1 aliphatic heterocycles. The molecule has 6 unspecified atom stereocenters. The Morgan fingerprint density at radius 1 is 0.891 bits per heavy atom. The Kier molecular flexibility index (Phi) is 14.7. The number of hydrogen-bond acceptors (Lipinski definition) is 13. The maximum atomic E-state index is 14.3. The van der Waals surface area contributed by atoms with E-state index in [4.69, 9.17) is 28.9 Å². The zero-order valence-electron chi connectivity index (χ0n) is 35.5. The maximum Gasteiger partial charge on any atom is 0.415 e. The first-order chi connectivity index (χ1) is 31.1. The molecule has 2 N–H and O–H groups in total. The summed E-state index contributed by atoms with van der Waals surface area (Å²) in [5.41, 5.74) is 2.80. The number of nitro benzene ring substituents is 2. The minimum absolute atomic E-state index is 0.0175. The van der Waals surface area contributed by atoms with Gasteiger partial charge in [0.25, 0.3) is 11.4 Å². The molecular formula is C48H52N4O12. The first-order valence-corrected chi connectivity index (χ1v) is 21.4. The molecule has 3 aliphatic rings. The van der Waals surface area contributed by atoms with Crippen LogP contribution in [0.3, 0.4) is 0 Å². The number of likely N-dealkylation sites (N-methyl/N-ethyl adjacent to an activating group) is 1. The molecule has 16 nitrogen and oxygen atoms in total. The molecule has 336 valence electrons. The molecule has 0 radical (unpaired) electrons. The van der Waals surface area contributed by atoms with E-state index < -0.39 is 33.7 Å². The number of carbonyl (C=O) groups excluding carboxylic acids is 1. The zero-order valence-corrected chi connectivity index (χ0v) is 35.5. The number of oxime groups is 1. The smallest absolute Gasteiger partial charge is 0.415 e. The van der Waals surface area contributed by atoms with Gasteiger partial charge in [-0.1, -0.05) is 66.5 Å². The topological polar surface area (TPSA) is 206 Å². The summed E-state index contributed by atoms with van der Waals surface area (Å²) in [7, 11) is 1.58. The number of aliphatic hydroxyl groups is 2. The summed E-state index contributed by atoms with van der Waals surface area (Å²) in [4.78, 5) is 43.8. The second-order valence-electron chi connectivity index (χ2n) is 16.1. The lowest BCUT2D eigenvalue weighted by atomic mass is 9.55. The highest BCUT2D eigenvalue weighted by Crippen LogP contribution is 2.62. The molecule has 1 heterocycles. The van der Waals surface area contributed by atoms with Crippen molar-refractivity contribution < 1.29 is 48.6 Å². The third kappa shape index (κ3) is 9.94. The van der Waals surface area contributed by atoms with E-state index in [9.17, 15) is 35.2 Å². The first-order valence-electron chi connectivity index (χ1n) is 21.4. The van der Waals surface area contributed by atoms with E-state index >= 15 is 0 Å². The van der Waals surface area contributed by atoms with Crippen LogP contribution in [0.15, 0.2) is 127 Å². The molecule has 7 rings (SSSR count). The van der Waals surface area contributed by atoms with Gasteiger partial charge < -0.3 is 38.9 Å². The van der Waals surface area contributed by atoms with Crippen molar-refractivity contribution in [2.75, 3.05) is 26.9 Å². The summed E-state index contributed by atoms with van der Waals surface area (Å²) in [6, 6.07) is 25.2. The van der Waals surface area contributed by atoms with Gasteiger partial charge in [-0.15, -0.1) is 6.58 Å². The fourth-order valence-electron chi connectivity index (χ4n) is 9.28. The lowest BCUT2D eigenvalue weighted by Gasteiger charge is -2.59. The molecule has 0 bridgehead atoms. The highest BCUT2D eigenvalue weighted by molar-refractivity contribution is 6.03. The summed E-state index contributed by atoms with van der Waals surface area (Å²) in [5, 5.41) is 47.6. The van der Waals surface area contributed by atoms with E-state index in [-0.39, 0.29) is 73.5 Å². The van der Waals surface area contributed by atoms with E-state index in [1.807, 2.05) is 36.4 Å². The summed E-state index contributed by atoms with van der Waals surface area (Å²) in [6.07, 6.45) is 7.23. The van der Waals surface area contributed by atoms with Crippen molar-refractivity contribution in [2.45, 2.75) is 69.3 Å². The molecular weight excluding hydrogens is 825 g/mol. The molecule has 16 heteroatoms. The lowest BCUT2D eigenvalue weighted by Crippen LogP contribution is -2.69. The Morgan fingerprint density at radius 3 is 2.30 bits per heavy atom. The van der Waals surface area contributed by atoms with E-state index in [0.29, 0.717) is 42.9 Å². The summed E-state index contributed by atoms with van der Waals surface area (Å²) in [5.74, 6) is -1.44. The van der Waals surface area contributed by atoms with Gasteiger partial charge in [0.05, 0.1) is 34.1 Å². The maximum absolute atomic E-state index is 14.3. The standard InChI is InChI=1S/C48H52N4O12/c1-3-26-60-48-44(50(2)47(55)63-36-20-18-34(19-21-36)51(56)57)30-42(49-61-31-32-12-5-4-6-13-32)40-27-33(14-7-9-24-53)39(17-8-10-25-54)45(46(40)48)41-29-38(22-23-43(41)64-48)62-37-16-11-15-35(28-37)52(58)59/h3-6,11-13,15-16,18-23,27-29,33,39,44-46,53-54H,1,7-10,14,17,24-26,30-31H2,2H3. The van der Waals surface area contributed by atoms with Gasteiger partial charge in [0.2, 0.25) is 5.79 Å². The number of benzene rings is 4. The predicted molar refractivity (Wildman–Crippen MR) is 236 cm³/mol. The van der Waals surface area contributed by atoms with Crippen molar-refractivity contribution in [1.29, 1.82) is 0 Å². The SMILES string of the molecule is C=CCOC12Oc3ccc(Oc4cccc([N+](=O)[O-])c4)cc3C3C(CCCCO)C(CCCCO)C=C(C(=NOCc4ccccc4)CC1N(C)C(=O)Oc1ccc([N+](=O)[O-])cc1)C32. The fraction of sp³-hybridized carbons (Fsp3) is 0.375. The second-order valence-corrected chi connectivity index (χ2v) is 16.1. The van der Waals surface area contributed by atoms with Gasteiger partial charge in [-0.3, -0.25) is 20.2 Å². The number of aliphatic hydroxyl groups excluding tert-OH is 2. The lowest BCUT2D eigenvalue weighted by molar-refractivity contribution is -0.385. The molecule has 0 saturated heterocycles. The van der Waals surface area contributed by atoms with Gasteiger partial charge in [-0.25, -0.2) is 4.79 Å². The molecule has 2 aliphatic carbocycles. The first kappa shape index (κ1) is 45.4. The number of carbonyl (C=O) groups is 1. The third-order valence-electron chi connectivity index (χ3n) is 12.2. The summed E-state index contributed by atoms with van der Waals surface area (Å²) < 4.78 is 26.2. The van der Waals surface area contributed by atoms with Gasteiger partial charge >= 0.3 is 6.09 Å². The predicted octanol–water partition coefficient (Wildman–Crippen LogP) is 9.26. The molecule has 1 amide bonds. The molecule has 0 aromatic heterocycles. The van der Waals surface area contributed by atoms with Gasteiger partial charge in [0, 0.05) is 56.4 Å². The molecule has 64 heavy (non-hydrogen) atoms. The number of amides is 1. The monoisotopic (exact) mass is 876 g/mol. The van der Waals surface area contributed by atoms with Crippen LogP contribution in [-0.4, -0.2) is 75.5 Å². The van der Waals surface area contributed by atoms with E-state index in [1.165, 1.54) is 41.3 Å². The number of hydrogen-bond donors (Lipinski definition) is 2. The van der Waals surface area contributed by atoms with Crippen molar-refractivity contribution in [3.05, 3.63) is 153 Å². The molecule has 1 fully saturated rings. The number of nitro groups is 2. The number of allylic oxidation sites excluding steroid dienone is 1. The fourth-order valence-corrected chi connectivity index (χ4v) is 9.28. The highest BCUT2D eigenvalue weighted by atomic mass is 16.7. The van der Waals surface area contributed by atoms with Gasteiger partial charge in [-0.05, 0) is 85.1 Å². The summed E-state index contributed by atoms with van der Waals surface area (Å²) >= 11 is 0. The van der Waals surface area contributed by atoms with Crippen molar-refractivity contribution in [2.24, 2.45) is 22.9 Å². The number of non-ortho nitro benzene ring substituents is 2. The average Bonchev–Trinajstić information content (AvgIpc) is 3.30. The number of nitrogens with zero attached hydrogens (tertiary/aromatic N) is 4. The van der Waals surface area contributed by atoms with Crippen molar-refractivity contribution in [3.63, 3.8) is 0 Å². The van der Waals surface area contributed by atoms with Crippen molar-refractivity contribution in [1.82, 2.24) is 4.90 Å². The molecule has 6 atom stereocenters. The molecule has 0 spiro atoms. The van der Waals surface area contributed by atoms with E-state index in [1.54, 1.807) is 37.4 Å². The minimum Gasteiger partial charge on any atom is -0.459 e. The Morgan fingerprint density at radius 2 is 1.59 bits per heavy atom. The van der Waals surface area contributed by atoms with Crippen LogP contribution >= 0.6 is 0 Å². The van der Waals surface area contributed by atoms with Gasteiger partial charge in [-0.2, -0.15) is 0 Å². The van der Waals surface area contributed by atoms with Crippen LogP contribution in [0.25, 0.3) is 0 Å². The van der Waals surface area contributed by atoms with E-state index in [2.05, 4.69) is 12.7 Å².